The van der Waals surface area contributed by atoms with E-state index in [9.17, 15) is 4.79 Å². The molecule has 0 saturated carbocycles. The number of nitrogens with zero attached hydrogens (tertiary/aromatic N) is 1. The van der Waals surface area contributed by atoms with Crippen LogP contribution < -0.4 is 0 Å². The van der Waals surface area contributed by atoms with Crippen molar-refractivity contribution in [2.45, 2.75) is 46.3 Å². The van der Waals surface area contributed by atoms with Gasteiger partial charge < -0.3 is 4.74 Å². The predicted octanol–water partition coefficient (Wildman–Crippen LogP) is 1.71. The van der Waals surface area contributed by atoms with Crippen molar-refractivity contribution in [2.24, 2.45) is 5.92 Å². The minimum absolute atomic E-state index is 0.130. The van der Waals surface area contributed by atoms with Gasteiger partial charge in [-0.25, -0.2) is 0 Å². The molecule has 0 radical (unpaired) electrons. The van der Waals surface area contributed by atoms with Gasteiger partial charge in [-0.3, -0.25) is 9.69 Å². The van der Waals surface area contributed by atoms with Crippen molar-refractivity contribution in [2.75, 3.05) is 19.6 Å². The van der Waals surface area contributed by atoms with Crippen LogP contribution in [0.5, 0.6) is 0 Å². The van der Waals surface area contributed by atoms with Gasteiger partial charge in [0.05, 0.1) is 18.2 Å². The maximum absolute atomic E-state index is 11.6. The highest BCUT2D eigenvalue weighted by atomic mass is 16.5. The molecule has 1 aliphatic rings. The van der Waals surface area contributed by atoms with Crippen molar-refractivity contribution in [3.8, 4) is 0 Å². The molecule has 0 aromatic carbocycles. The maximum Gasteiger partial charge on any atom is 0.149 e. The van der Waals surface area contributed by atoms with E-state index < -0.39 is 0 Å². The number of hydrogen-bond donors (Lipinski definition) is 0. The summed E-state index contributed by atoms with van der Waals surface area (Å²) in [5.41, 5.74) is -0.130. The molecule has 1 rings (SSSR count). The van der Waals surface area contributed by atoms with E-state index in [0.717, 1.165) is 13.1 Å². The van der Waals surface area contributed by atoms with Gasteiger partial charge in [-0.2, -0.15) is 0 Å². The molecule has 0 bridgehead atoms. The molecule has 15 heavy (non-hydrogen) atoms. The number of hydrogen-bond acceptors (Lipinski definition) is 3. The van der Waals surface area contributed by atoms with Gasteiger partial charge in [-0.15, -0.1) is 0 Å². The molecule has 1 fully saturated rings. The fraction of sp³-hybridized carbons (Fsp3) is 0.917. The number of ketones is 1. The van der Waals surface area contributed by atoms with E-state index in [2.05, 4.69) is 25.7 Å². The fourth-order valence-electron chi connectivity index (χ4n) is 2.11. The molecule has 1 saturated heterocycles. The number of carbonyl (C=O) groups excluding carboxylic acids is 1. The second kappa shape index (κ2) is 4.62. The Morgan fingerprint density at radius 3 is 2.60 bits per heavy atom. The largest absolute Gasteiger partial charge is 0.370 e. The zero-order valence-electron chi connectivity index (χ0n) is 10.5. The third kappa shape index (κ3) is 3.92. The van der Waals surface area contributed by atoms with E-state index in [1.807, 2.05) is 13.8 Å². The Morgan fingerprint density at radius 1 is 1.53 bits per heavy atom. The van der Waals surface area contributed by atoms with Crippen LogP contribution in [0.1, 0.15) is 34.6 Å². The second-order valence-electron chi connectivity index (χ2n) is 5.48. The normalized spacial score (nSPS) is 26.9. The molecular weight excluding hydrogens is 190 g/mol. The molecule has 1 heterocycles. The zero-order chi connectivity index (χ0) is 11.6. The van der Waals surface area contributed by atoms with E-state index in [4.69, 9.17) is 4.74 Å². The molecule has 1 aliphatic heterocycles. The Bertz CT molecular complexity index is 236. The summed E-state index contributed by atoms with van der Waals surface area (Å²) in [6.07, 6.45) is 0.216. The van der Waals surface area contributed by atoms with Crippen LogP contribution in [0.15, 0.2) is 0 Å². The number of ether oxygens (including phenoxy) is 1. The molecule has 0 aliphatic carbocycles. The minimum Gasteiger partial charge on any atom is -0.370 e. The summed E-state index contributed by atoms with van der Waals surface area (Å²) in [5.74, 6) is 0.450. The van der Waals surface area contributed by atoms with Crippen LogP contribution >= 0.6 is 0 Å². The van der Waals surface area contributed by atoms with Crippen LogP contribution in [0.25, 0.3) is 0 Å². The van der Waals surface area contributed by atoms with E-state index in [1.165, 1.54) is 0 Å². The van der Waals surface area contributed by atoms with Crippen molar-refractivity contribution in [1.29, 1.82) is 0 Å². The number of carbonyl (C=O) groups is 1. The summed E-state index contributed by atoms with van der Waals surface area (Å²) in [6.45, 7) is 12.4. The summed E-state index contributed by atoms with van der Waals surface area (Å²) in [5, 5.41) is 0. The topological polar surface area (TPSA) is 29.5 Å². The first-order valence-electron chi connectivity index (χ1n) is 5.73. The van der Waals surface area contributed by atoms with Crippen LogP contribution in [0.4, 0.5) is 0 Å². The molecule has 88 valence electrons. The van der Waals surface area contributed by atoms with Crippen LogP contribution in [-0.4, -0.2) is 42.0 Å². The smallest absolute Gasteiger partial charge is 0.149 e. The molecule has 0 amide bonds. The van der Waals surface area contributed by atoms with E-state index >= 15 is 0 Å². The molecule has 3 nitrogen and oxygen atoms in total. The SMILES string of the molecule is CC1CN(CC(=O)C(C)C)CC(C)(C)O1. The van der Waals surface area contributed by atoms with Gasteiger partial charge in [0.1, 0.15) is 5.78 Å². The first kappa shape index (κ1) is 12.7. The third-order valence-corrected chi connectivity index (χ3v) is 2.66. The lowest BCUT2D eigenvalue weighted by molar-refractivity contribution is -0.139. The molecule has 0 aromatic rings. The lowest BCUT2D eigenvalue weighted by atomic mass is 10.0. The quantitative estimate of drug-likeness (QED) is 0.715. The standard InChI is InChI=1S/C12H23NO2/c1-9(2)11(14)7-13-6-10(3)15-12(4,5)8-13/h9-10H,6-8H2,1-5H3. The Balaban J connectivity index is 2.52. The summed E-state index contributed by atoms with van der Waals surface area (Å²) >= 11 is 0. The Kier molecular flexibility index (Phi) is 3.90. The number of rotatable bonds is 3. The van der Waals surface area contributed by atoms with Crippen LogP contribution in [-0.2, 0) is 9.53 Å². The van der Waals surface area contributed by atoms with Crippen LogP contribution in [0.2, 0.25) is 0 Å². The highest BCUT2D eigenvalue weighted by Crippen LogP contribution is 2.20. The lowest BCUT2D eigenvalue weighted by Crippen LogP contribution is -2.53. The Labute approximate surface area is 92.8 Å². The second-order valence-corrected chi connectivity index (χ2v) is 5.48. The summed E-state index contributed by atoms with van der Waals surface area (Å²) < 4.78 is 5.79. The lowest BCUT2D eigenvalue weighted by Gasteiger charge is -2.41. The van der Waals surface area contributed by atoms with E-state index in [0.29, 0.717) is 12.3 Å². The van der Waals surface area contributed by atoms with E-state index in [-0.39, 0.29) is 17.6 Å². The average molecular weight is 213 g/mol. The fourth-order valence-corrected chi connectivity index (χ4v) is 2.11. The number of morpholine rings is 1. The van der Waals surface area contributed by atoms with Gasteiger partial charge in [0, 0.05) is 19.0 Å². The zero-order valence-corrected chi connectivity index (χ0v) is 10.5. The highest BCUT2D eigenvalue weighted by molar-refractivity contribution is 5.82. The van der Waals surface area contributed by atoms with Crippen LogP contribution in [0.3, 0.4) is 0 Å². The van der Waals surface area contributed by atoms with Gasteiger partial charge in [0.15, 0.2) is 0 Å². The first-order valence-corrected chi connectivity index (χ1v) is 5.73. The summed E-state index contributed by atoms with van der Waals surface area (Å²) in [6, 6.07) is 0. The van der Waals surface area contributed by atoms with Gasteiger partial charge in [0.2, 0.25) is 0 Å². The molecule has 1 unspecified atom stereocenters. The Hall–Kier alpha value is -0.410. The van der Waals surface area contributed by atoms with Crippen molar-refractivity contribution in [1.82, 2.24) is 4.90 Å². The number of Topliss-reactive ketones (excluding diaryl/α,β-unsaturated/α-hetero) is 1. The van der Waals surface area contributed by atoms with Gasteiger partial charge in [-0.1, -0.05) is 13.8 Å². The van der Waals surface area contributed by atoms with Gasteiger partial charge >= 0.3 is 0 Å². The highest BCUT2D eigenvalue weighted by Gasteiger charge is 2.32. The summed E-state index contributed by atoms with van der Waals surface area (Å²) in [7, 11) is 0. The predicted molar refractivity (Wildman–Crippen MR) is 60.9 cm³/mol. The molecular formula is C12H23NO2. The van der Waals surface area contributed by atoms with Gasteiger partial charge in [0.25, 0.3) is 0 Å². The molecule has 0 spiro atoms. The van der Waals surface area contributed by atoms with Crippen molar-refractivity contribution >= 4 is 5.78 Å². The Morgan fingerprint density at radius 2 is 2.13 bits per heavy atom. The monoisotopic (exact) mass is 213 g/mol. The molecule has 0 aromatic heterocycles. The van der Waals surface area contributed by atoms with Crippen molar-refractivity contribution < 1.29 is 9.53 Å². The van der Waals surface area contributed by atoms with Crippen molar-refractivity contribution in [3.05, 3.63) is 0 Å². The van der Waals surface area contributed by atoms with E-state index in [1.54, 1.807) is 0 Å². The third-order valence-electron chi connectivity index (χ3n) is 2.66. The first-order chi connectivity index (χ1) is 6.80. The van der Waals surface area contributed by atoms with Gasteiger partial charge in [-0.05, 0) is 20.8 Å². The minimum atomic E-state index is -0.130. The molecule has 3 heteroatoms. The summed E-state index contributed by atoms with van der Waals surface area (Å²) in [4.78, 5) is 13.9. The van der Waals surface area contributed by atoms with Crippen LogP contribution in [0, 0.1) is 5.92 Å². The molecule has 0 N–H and O–H groups in total. The maximum atomic E-state index is 11.6. The van der Waals surface area contributed by atoms with Crippen molar-refractivity contribution in [3.63, 3.8) is 0 Å². The molecule has 1 atom stereocenters. The average Bonchev–Trinajstić information content (AvgIpc) is 1.99.